The maximum atomic E-state index is 11.0. The summed E-state index contributed by atoms with van der Waals surface area (Å²) in [5, 5.41) is 22.4. The Morgan fingerprint density at radius 1 is 1.45 bits per heavy atom. The van der Waals surface area contributed by atoms with Gasteiger partial charge < -0.3 is 5.11 Å². The van der Waals surface area contributed by atoms with Gasteiger partial charge in [0.2, 0.25) is 0 Å². The topological polar surface area (TPSA) is 91.8 Å². The van der Waals surface area contributed by atoms with Gasteiger partial charge in [0.05, 0.1) is 17.5 Å². The van der Waals surface area contributed by atoms with E-state index in [2.05, 4.69) is 17.0 Å². The summed E-state index contributed by atoms with van der Waals surface area (Å²) in [4.78, 5) is 15.0. The fraction of sp³-hybridized carbons (Fsp3) is 0.250. The molecule has 6 nitrogen and oxygen atoms in total. The molecule has 2 aromatic rings. The summed E-state index contributed by atoms with van der Waals surface area (Å²) in [6.07, 6.45) is 6.18. The summed E-state index contributed by atoms with van der Waals surface area (Å²) in [6.45, 7) is 4.89. The first kappa shape index (κ1) is 15.4. The SMILES string of the molecule is CCCn1ncc(/C=C/c2nc(C(=O)O)ccc2C#N)c1C. The molecule has 0 aliphatic rings. The van der Waals surface area contributed by atoms with Crippen LogP contribution in [0, 0.1) is 18.3 Å². The number of rotatable bonds is 5. The largest absolute Gasteiger partial charge is 0.477 e. The fourth-order valence-corrected chi connectivity index (χ4v) is 2.05. The van der Waals surface area contributed by atoms with Crippen molar-refractivity contribution in [1.82, 2.24) is 14.8 Å². The van der Waals surface area contributed by atoms with E-state index in [1.54, 1.807) is 18.3 Å². The number of pyridine rings is 1. The third-order valence-electron chi connectivity index (χ3n) is 3.26. The first-order valence-electron chi connectivity index (χ1n) is 6.91. The molecule has 6 heteroatoms. The maximum absolute atomic E-state index is 11.0. The van der Waals surface area contributed by atoms with Crippen molar-refractivity contribution in [3.05, 3.63) is 46.5 Å². The number of hydrogen-bond acceptors (Lipinski definition) is 4. The van der Waals surface area contributed by atoms with Gasteiger partial charge in [0.25, 0.3) is 0 Å². The average molecular weight is 296 g/mol. The second-order valence-corrected chi connectivity index (χ2v) is 4.79. The maximum Gasteiger partial charge on any atom is 0.354 e. The lowest BCUT2D eigenvalue weighted by molar-refractivity contribution is 0.0690. The zero-order valence-electron chi connectivity index (χ0n) is 12.4. The van der Waals surface area contributed by atoms with Gasteiger partial charge in [-0.15, -0.1) is 0 Å². The summed E-state index contributed by atoms with van der Waals surface area (Å²) < 4.78 is 1.91. The second-order valence-electron chi connectivity index (χ2n) is 4.79. The number of hydrogen-bond donors (Lipinski definition) is 1. The molecular weight excluding hydrogens is 280 g/mol. The van der Waals surface area contributed by atoms with Crippen LogP contribution in [0.15, 0.2) is 18.3 Å². The molecule has 22 heavy (non-hydrogen) atoms. The number of carboxylic acid groups (broad SMARTS) is 1. The average Bonchev–Trinajstić information content (AvgIpc) is 2.86. The molecule has 0 radical (unpaired) electrons. The molecular formula is C16H16N4O2. The van der Waals surface area contributed by atoms with Gasteiger partial charge in [0.1, 0.15) is 11.8 Å². The molecule has 0 saturated carbocycles. The highest BCUT2D eigenvalue weighted by atomic mass is 16.4. The van der Waals surface area contributed by atoms with Crippen LogP contribution in [0.25, 0.3) is 12.2 Å². The van der Waals surface area contributed by atoms with Crippen molar-refractivity contribution in [2.75, 3.05) is 0 Å². The zero-order chi connectivity index (χ0) is 16.1. The Morgan fingerprint density at radius 3 is 2.86 bits per heavy atom. The standard InChI is InChI=1S/C16H16N4O2/c1-3-8-20-11(2)13(10-18-20)5-6-14-12(9-17)4-7-15(19-14)16(21)22/h4-7,10H,3,8H2,1-2H3,(H,21,22)/b6-5+. The predicted octanol–water partition coefficient (Wildman–Crippen LogP) is 2.74. The molecule has 0 fully saturated rings. The minimum absolute atomic E-state index is 0.0861. The lowest BCUT2D eigenvalue weighted by Gasteiger charge is -2.02. The number of aromatic nitrogens is 3. The van der Waals surface area contributed by atoms with Gasteiger partial charge in [-0.1, -0.05) is 6.92 Å². The highest BCUT2D eigenvalue weighted by molar-refractivity contribution is 5.86. The Bertz CT molecular complexity index is 769. The number of aromatic carboxylic acids is 1. The van der Waals surface area contributed by atoms with Gasteiger partial charge in [-0.05, 0) is 37.6 Å². The molecule has 112 valence electrons. The molecule has 2 aromatic heterocycles. The van der Waals surface area contributed by atoms with Crippen LogP contribution >= 0.6 is 0 Å². The number of aryl methyl sites for hydroxylation is 1. The minimum atomic E-state index is -1.12. The molecule has 1 N–H and O–H groups in total. The Balaban J connectivity index is 2.35. The first-order valence-corrected chi connectivity index (χ1v) is 6.91. The Morgan fingerprint density at radius 2 is 2.23 bits per heavy atom. The quantitative estimate of drug-likeness (QED) is 0.915. The van der Waals surface area contributed by atoms with Crippen molar-refractivity contribution >= 4 is 18.1 Å². The molecule has 0 unspecified atom stereocenters. The van der Waals surface area contributed by atoms with Crippen LogP contribution in [0.3, 0.4) is 0 Å². The van der Waals surface area contributed by atoms with Crippen molar-refractivity contribution in [2.45, 2.75) is 26.8 Å². The molecule has 0 spiro atoms. The van der Waals surface area contributed by atoms with Crippen molar-refractivity contribution in [2.24, 2.45) is 0 Å². The van der Waals surface area contributed by atoms with E-state index in [-0.39, 0.29) is 5.69 Å². The molecule has 2 heterocycles. The van der Waals surface area contributed by atoms with Gasteiger partial charge in [-0.25, -0.2) is 9.78 Å². The van der Waals surface area contributed by atoms with E-state index in [9.17, 15) is 4.79 Å². The van der Waals surface area contributed by atoms with E-state index in [4.69, 9.17) is 10.4 Å². The molecule has 0 saturated heterocycles. The summed E-state index contributed by atoms with van der Waals surface area (Å²) in [6, 6.07) is 4.79. The third kappa shape index (κ3) is 3.20. The van der Waals surface area contributed by atoms with Crippen LogP contribution in [0.2, 0.25) is 0 Å². The van der Waals surface area contributed by atoms with Crippen molar-refractivity contribution in [3.8, 4) is 6.07 Å². The summed E-state index contributed by atoms with van der Waals surface area (Å²) in [5.74, 6) is -1.12. The van der Waals surface area contributed by atoms with Crippen LogP contribution in [-0.2, 0) is 6.54 Å². The predicted molar refractivity (Wildman–Crippen MR) is 82.1 cm³/mol. The second kappa shape index (κ2) is 6.68. The van der Waals surface area contributed by atoms with Gasteiger partial charge in [-0.3, -0.25) is 4.68 Å². The normalized spacial score (nSPS) is 10.8. The molecule has 2 rings (SSSR count). The molecule has 0 aliphatic carbocycles. The molecule has 0 aliphatic heterocycles. The lowest BCUT2D eigenvalue weighted by Crippen LogP contribution is -2.02. The van der Waals surface area contributed by atoms with Gasteiger partial charge in [0.15, 0.2) is 0 Å². The van der Waals surface area contributed by atoms with E-state index in [1.807, 2.05) is 17.7 Å². The van der Waals surface area contributed by atoms with Crippen molar-refractivity contribution in [3.63, 3.8) is 0 Å². The fourth-order valence-electron chi connectivity index (χ4n) is 2.05. The summed E-state index contributed by atoms with van der Waals surface area (Å²) in [7, 11) is 0. The van der Waals surface area contributed by atoms with E-state index in [0.717, 1.165) is 24.2 Å². The zero-order valence-corrected chi connectivity index (χ0v) is 12.4. The first-order chi connectivity index (χ1) is 10.6. The minimum Gasteiger partial charge on any atom is -0.477 e. The van der Waals surface area contributed by atoms with Crippen LogP contribution in [-0.4, -0.2) is 25.8 Å². The number of nitriles is 1. The molecule has 0 atom stereocenters. The van der Waals surface area contributed by atoms with Crippen molar-refractivity contribution in [1.29, 1.82) is 5.26 Å². The summed E-state index contributed by atoms with van der Waals surface area (Å²) >= 11 is 0. The lowest BCUT2D eigenvalue weighted by atomic mass is 10.1. The van der Waals surface area contributed by atoms with Crippen LogP contribution in [0.5, 0.6) is 0 Å². The smallest absolute Gasteiger partial charge is 0.354 e. The van der Waals surface area contributed by atoms with Gasteiger partial charge in [-0.2, -0.15) is 10.4 Å². The Hall–Kier alpha value is -2.94. The van der Waals surface area contributed by atoms with E-state index >= 15 is 0 Å². The highest BCUT2D eigenvalue weighted by Gasteiger charge is 2.09. The van der Waals surface area contributed by atoms with Crippen LogP contribution < -0.4 is 0 Å². The van der Waals surface area contributed by atoms with Gasteiger partial charge >= 0.3 is 5.97 Å². The van der Waals surface area contributed by atoms with E-state index in [1.165, 1.54) is 12.1 Å². The highest BCUT2D eigenvalue weighted by Crippen LogP contribution is 2.14. The Kier molecular flexibility index (Phi) is 4.69. The van der Waals surface area contributed by atoms with Gasteiger partial charge in [0, 0.05) is 17.8 Å². The Labute approximate surface area is 128 Å². The van der Waals surface area contributed by atoms with E-state index in [0.29, 0.717) is 11.3 Å². The van der Waals surface area contributed by atoms with E-state index < -0.39 is 5.97 Å². The molecule has 0 amide bonds. The number of carboxylic acids is 1. The summed E-state index contributed by atoms with van der Waals surface area (Å²) in [5.41, 5.74) is 2.52. The monoisotopic (exact) mass is 296 g/mol. The molecule has 0 bridgehead atoms. The number of nitrogens with zero attached hydrogens (tertiary/aromatic N) is 4. The third-order valence-corrected chi connectivity index (χ3v) is 3.26. The number of carbonyl (C=O) groups is 1. The van der Waals surface area contributed by atoms with Crippen LogP contribution in [0.4, 0.5) is 0 Å². The van der Waals surface area contributed by atoms with Crippen molar-refractivity contribution < 1.29 is 9.90 Å². The van der Waals surface area contributed by atoms with Crippen LogP contribution in [0.1, 0.15) is 46.3 Å². The molecule has 0 aromatic carbocycles.